The number of amides is 1. The lowest BCUT2D eigenvalue weighted by Gasteiger charge is -2.16. The van der Waals surface area contributed by atoms with Crippen LogP contribution >= 0.6 is 12.4 Å². The first-order valence-corrected chi connectivity index (χ1v) is 6.72. The van der Waals surface area contributed by atoms with Gasteiger partial charge < -0.3 is 10.6 Å². The molecule has 19 heavy (non-hydrogen) atoms. The lowest BCUT2D eigenvalue weighted by molar-refractivity contribution is -0.130. The van der Waals surface area contributed by atoms with Crippen LogP contribution in [-0.4, -0.2) is 30.9 Å². The van der Waals surface area contributed by atoms with Crippen molar-refractivity contribution < 1.29 is 4.79 Å². The molecule has 1 aromatic carbocycles. The standard InChI is InChI=1S/C15H24N2O.ClH/c1-17(15(18)11-7-12-16)13-6-5-10-14-8-3-2-4-9-14;/h2-4,8-9H,5-7,10-13,16H2,1H3;1H. The van der Waals surface area contributed by atoms with E-state index in [9.17, 15) is 4.79 Å². The second-order valence-corrected chi connectivity index (χ2v) is 4.65. The monoisotopic (exact) mass is 284 g/mol. The first kappa shape index (κ1) is 17.9. The Balaban J connectivity index is 0.00000324. The molecule has 0 heterocycles. The quantitative estimate of drug-likeness (QED) is 0.746. The molecule has 0 bridgehead atoms. The Morgan fingerprint density at radius 1 is 1.16 bits per heavy atom. The zero-order valence-electron chi connectivity index (χ0n) is 11.7. The van der Waals surface area contributed by atoms with Crippen LogP contribution in [0.25, 0.3) is 0 Å². The first-order valence-electron chi connectivity index (χ1n) is 6.72. The molecule has 0 radical (unpaired) electrons. The summed E-state index contributed by atoms with van der Waals surface area (Å²) in [5, 5.41) is 0. The molecular weight excluding hydrogens is 260 g/mol. The number of carbonyl (C=O) groups excluding carboxylic acids is 1. The predicted octanol–water partition coefficient (Wildman–Crippen LogP) is 2.63. The predicted molar refractivity (Wildman–Crippen MR) is 82.6 cm³/mol. The van der Waals surface area contributed by atoms with Gasteiger partial charge in [-0.25, -0.2) is 0 Å². The number of nitrogens with zero attached hydrogens (tertiary/aromatic N) is 1. The van der Waals surface area contributed by atoms with Crippen molar-refractivity contribution in [2.45, 2.75) is 32.1 Å². The number of aryl methyl sites for hydroxylation is 1. The SMILES string of the molecule is CN(CCCCc1ccccc1)C(=O)CCCN.Cl. The smallest absolute Gasteiger partial charge is 0.222 e. The molecule has 0 aliphatic heterocycles. The van der Waals surface area contributed by atoms with E-state index in [1.165, 1.54) is 5.56 Å². The van der Waals surface area contributed by atoms with Crippen LogP contribution in [0.1, 0.15) is 31.2 Å². The van der Waals surface area contributed by atoms with Crippen LogP contribution in [0, 0.1) is 0 Å². The summed E-state index contributed by atoms with van der Waals surface area (Å²) in [5.74, 6) is 0.208. The van der Waals surface area contributed by atoms with Crippen molar-refractivity contribution in [2.24, 2.45) is 5.73 Å². The van der Waals surface area contributed by atoms with Crippen LogP contribution in [0.2, 0.25) is 0 Å². The molecule has 1 rings (SSSR count). The van der Waals surface area contributed by atoms with Crippen molar-refractivity contribution in [3.63, 3.8) is 0 Å². The zero-order chi connectivity index (χ0) is 13.2. The molecule has 0 spiro atoms. The van der Waals surface area contributed by atoms with Crippen molar-refractivity contribution in [3.05, 3.63) is 35.9 Å². The molecule has 108 valence electrons. The van der Waals surface area contributed by atoms with Crippen LogP contribution in [0.4, 0.5) is 0 Å². The normalized spacial score (nSPS) is 9.79. The van der Waals surface area contributed by atoms with Crippen LogP contribution in [0.15, 0.2) is 30.3 Å². The van der Waals surface area contributed by atoms with E-state index >= 15 is 0 Å². The fraction of sp³-hybridized carbons (Fsp3) is 0.533. The summed E-state index contributed by atoms with van der Waals surface area (Å²) in [7, 11) is 1.88. The van der Waals surface area contributed by atoms with Crippen LogP contribution in [0.3, 0.4) is 0 Å². The molecule has 4 heteroatoms. The van der Waals surface area contributed by atoms with E-state index in [0.717, 1.165) is 32.2 Å². The van der Waals surface area contributed by atoms with Crippen LogP contribution in [-0.2, 0) is 11.2 Å². The van der Waals surface area contributed by atoms with Gasteiger partial charge in [0.2, 0.25) is 5.91 Å². The minimum absolute atomic E-state index is 0. The summed E-state index contributed by atoms with van der Waals surface area (Å²) in [5.41, 5.74) is 6.76. The van der Waals surface area contributed by atoms with Gasteiger partial charge >= 0.3 is 0 Å². The second kappa shape index (κ2) is 10.8. The molecule has 1 amide bonds. The highest BCUT2D eigenvalue weighted by atomic mass is 35.5. The second-order valence-electron chi connectivity index (χ2n) is 4.65. The van der Waals surface area contributed by atoms with E-state index in [4.69, 9.17) is 5.73 Å². The summed E-state index contributed by atoms with van der Waals surface area (Å²) in [6, 6.07) is 10.5. The van der Waals surface area contributed by atoms with Crippen molar-refractivity contribution in [1.29, 1.82) is 0 Å². The maximum Gasteiger partial charge on any atom is 0.222 e. The van der Waals surface area contributed by atoms with Gasteiger partial charge in [-0.1, -0.05) is 30.3 Å². The molecule has 1 aromatic rings. The molecule has 0 fully saturated rings. The van der Waals surface area contributed by atoms with Gasteiger partial charge in [-0.15, -0.1) is 12.4 Å². The molecule has 3 nitrogen and oxygen atoms in total. The summed E-state index contributed by atoms with van der Waals surface area (Å²) in [6.07, 6.45) is 4.63. The van der Waals surface area contributed by atoms with Gasteiger partial charge in [0.05, 0.1) is 0 Å². The Morgan fingerprint density at radius 3 is 2.47 bits per heavy atom. The minimum Gasteiger partial charge on any atom is -0.346 e. The van der Waals surface area contributed by atoms with Crippen LogP contribution < -0.4 is 5.73 Å². The summed E-state index contributed by atoms with van der Waals surface area (Å²) < 4.78 is 0. The highest BCUT2D eigenvalue weighted by Crippen LogP contribution is 2.05. The van der Waals surface area contributed by atoms with Gasteiger partial charge in [0.25, 0.3) is 0 Å². The fourth-order valence-electron chi connectivity index (χ4n) is 1.89. The zero-order valence-corrected chi connectivity index (χ0v) is 12.5. The maximum absolute atomic E-state index is 11.6. The Hall–Kier alpha value is -1.06. The van der Waals surface area contributed by atoms with E-state index in [1.54, 1.807) is 0 Å². The number of benzene rings is 1. The molecule has 0 unspecified atom stereocenters. The highest BCUT2D eigenvalue weighted by molar-refractivity contribution is 5.85. The van der Waals surface area contributed by atoms with E-state index in [-0.39, 0.29) is 18.3 Å². The Bertz CT molecular complexity index is 343. The number of unbranched alkanes of at least 4 members (excludes halogenated alkanes) is 1. The van der Waals surface area contributed by atoms with E-state index < -0.39 is 0 Å². The Kier molecular flexibility index (Phi) is 10.2. The average molecular weight is 285 g/mol. The minimum atomic E-state index is 0. The first-order chi connectivity index (χ1) is 8.74. The van der Waals surface area contributed by atoms with Gasteiger partial charge in [0.15, 0.2) is 0 Å². The third-order valence-electron chi connectivity index (χ3n) is 3.07. The summed E-state index contributed by atoms with van der Waals surface area (Å²) in [4.78, 5) is 13.5. The van der Waals surface area contributed by atoms with Gasteiger partial charge in [0.1, 0.15) is 0 Å². The lowest BCUT2D eigenvalue weighted by Crippen LogP contribution is -2.28. The number of nitrogens with two attached hydrogens (primary N) is 1. The maximum atomic E-state index is 11.6. The number of hydrogen-bond donors (Lipinski definition) is 1. The van der Waals surface area contributed by atoms with Crippen molar-refractivity contribution in [2.75, 3.05) is 20.1 Å². The molecule has 0 atom stereocenters. The van der Waals surface area contributed by atoms with Gasteiger partial charge in [-0.05, 0) is 37.8 Å². The number of carbonyl (C=O) groups is 1. The van der Waals surface area contributed by atoms with E-state index in [0.29, 0.717) is 13.0 Å². The van der Waals surface area contributed by atoms with Gasteiger partial charge in [-0.2, -0.15) is 0 Å². The summed E-state index contributed by atoms with van der Waals surface area (Å²) in [6.45, 7) is 1.43. The average Bonchev–Trinajstić information content (AvgIpc) is 2.41. The van der Waals surface area contributed by atoms with E-state index in [1.807, 2.05) is 18.0 Å². The molecule has 2 N–H and O–H groups in total. The molecule has 0 aliphatic carbocycles. The molecule has 0 saturated carbocycles. The third kappa shape index (κ3) is 7.85. The fourth-order valence-corrected chi connectivity index (χ4v) is 1.89. The van der Waals surface area contributed by atoms with Gasteiger partial charge in [0, 0.05) is 20.0 Å². The van der Waals surface area contributed by atoms with Crippen molar-refractivity contribution in [1.82, 2.24) is 4.90 Å². The molecular formula is C15H25ClN2O. The molecule has 0 aromatic heterocycles. The van der Waals surface area contributed by atoms with Crippen molar-refractivity contribution in [3.8, 4) is 0 Å². The van der Waals surface area contributed by atoms with E-state index in [2.05, 4.69) is 24.3 Å². The summed E-state index contributed by atoms with van der Waals surface area (Å²) >= 11 is 0. The lowest BCUT2D eigenvalue weighted by atomic mass is 10.1. The number of hydrogen-bond acceptors (Lipinski definition) is 2. The van der Waals surface area contributed by atoms with Gasteiger partial charge in [-0.3, -0.25) is 4.79 Å². The topological polar surface area (TPSA) is 46.3 Å². The van der Waals surface area contributed by atoms with Crippen molar-refractivity contribution >= 4 is 18.3 Å². The number of halogens is 1. The largest absolute Gasteiger partial charge is 0.346 e. The van der Waals surface area contributed by atoms with Crippen LogP contribution in [0.5, 0.6) is 0 Å². The number of rotatable bonds is 8. The molecule has 0 aliphatic rings. The molecule has 0 saturated heterocycles. The highest BCUT2D eigenvalue weighted by Gasteiger charge is 2.06. The third-order valence-corrected chi connectivity index (χ3v) is 3.07. The Labute approximate surface area is 122 Å². The Morgan fingerprint density at radius 2 is 1.84 bits per heavy atom.